The highest BCUT2D eigenvalue weighted by Crippen LogP contribution is 2.36. The molecule has 15 nitrogen and oxygen atoms in total. The molecule has 1 aliphatic carbocycles. The van der Waals surface area contributed by atoms with Crippen molar-refractivity contribution in [2.24, 2.45) is 4.99 Å². The Morgan fingerprint density at radius 3 is 2.17 bits per heavy atom. The molecule has 322 valence electrons. The van der Waals surface area contributed by atoms with Gasteiger partial charge in [0, 0.05) is 18.7 Å². The summed E-state index contributed by atoms with van der Waals surface area (Å²) in [5, 5.41) is 14.9. The zero-order valence-corrected chi connectivity index (χ0v) is 35.4. The second-order valence-corrected chi connectivity index (χ2v) is 16.5. The van der Waals surface area contributed by atoms with Crippen molar-refractivity contribution in [2.45, 2.75) is 117 Å². The number of amides is 3. The minimum absolute atomic E-state index is 0.0989. The molecule has 0 saturated heterocycles. The van der Waals surface area contributed by atoms with Crippen molar-refractivity contribution in [3.8, 4) is 5.75 Å². The number of hydrogen-bond acceptors (Lipinski definition) is 10. The van der Waals surface area contributed by atoms with Crippen LogP contribution in [0.4, 0.5) is 15.3 Å². The van der Waals surface area contributed by atoms with Crippen LogP contribution in [0.15, 0.2) is 71.7 Å². The summed E-state index contributed by atoms with van der Waals surface area (Å²) < 4.78 is 21.5. The highest BCUT2D eigenvalue weighted by Gasteiger charge is 2.27. The maximum atomic E-state index is 13.6. The third-order valence-electron chi connectivity index (χ3n) is 8.97. The van der Waals surface area contributed by atoms with Crippen LogP contribution in [-0.2, 0) is 48.0 Å². The van der Waals surface area contributed by atoms with Gasteiger partial charge in [-0.1, -0.05) is 43.7 Å². The number of guanidine groups is 1. The molecule has 60 heavy (non-hydrogen) atoms. The molecule has 0 aromatic heterocycles. The number of carbonyl (C=O) groups is 6. The molecular weight excluding hydrogens is 773 g/mol. The zero-order chi connectivity index (χ0) is 44.0. The Kier molecular flexibility index (Phi) is 16.4. The number of carboxylic acid groups (broad SMARTS) is 1. The quantitative estimate of drug-likeness (QED) is 0.0355. The van der Waals surface area contributed by atoms with Gasteiger partial charge in [-0.05, 0) is 132 Å². The minimum atomic E-state index is -1.12. The van der Waals surface area contributed by atoms with Crippen molar-refractivity contribution in [3.05, 3.63) is 94.5 Å². The largest absolute Gasteiger partial charge is 0.480 e. The molecule has 3 amide bonds. The van der Waals surface area contributed by atoms with Crippen LogP contribution in [0.1, 0.15) is 119 Å². The molecule has 4 rings (SSSR count). The predicted molar refractivity (Wildman–Crippen MR) is 224 cm³/mol. The minimum Gasteiger partial charge on any atom is -0.480 e. The molecule has 1 atom stereocenters. The summed E-state index contributed by atoms with van der Waals surface area (Å²) >= 11 is 0. The fourth-order valence-corrected chi connectivity index (χ4v) is 6.29. The van der Waals surface area contributed by atoms with E-state index in [2.05, 4.69) is 15.6 Å². The molecule has 0 heterocycles. The van der Waals surface area contributed by atoms with Gasteiger partial charge in [-0.15, -0.1) is 4.99 Å². The number of unbranched alkanes of at least 4 members (excludes halogenated alkanes) is 1. The van der Waals surface area contributed by atoms with E-state index in [9.17, 15) is 33.9 Å². The number of fused-ring (bicyclic) bond motifs is 1. The predicted octanol–water partition coefficient (Wildman–Crippen LogP) is 7.94. The van der Waals surface area contributed by atoms with Crippen molar-refractivity contribution < 1.29 is 52.8 Å². The number of benzene rings is 3. The van der Waals surface area contributed by atoms with E-state index in [1.807, 2.05) is 13.0 Å². The van der Waals surface area contributed by atoms with Crippen LogP contribution in [0.3, 0.4) is 0 Å². The summed E-state index contributed by atoms with van der Waals surface area (Å²) in [5.74, 6) is -2.43. The van der Waals surface area contributed by atoms with Gasteiger partial charge < -0.3 is 34.3 Å². The number of nitrogens with one attached hydrogen (secondary N) is 2. The number of ether oxygens (including phenoxy) is 4. The van der Waals surface area contributed by atoms with Gasteiger partial charge in [-0.25, -0.2) is 14.4 Å². The van der Waals surface area contributed by atoms with Crippen molar-refractivity contribution in [3.63, 3.8) is 0 Å². The van der Waals surface area contributed by atoms with E-state index in [0.29, 0.717) is 24.5 Å². The van der Waals surface area contributed by atoms with E-state index in [-0.39, 0.29) is 48.7 Å². The van der Waals surface area contributed by atoms with Crippen LogP contribution in [0, 0.1) is 0 Å². The van der Waals surface area contributed by atoms with E-state index in [4.69, 9.17) is 18.9 Å². The van der Waals surface area contributed by atoms with E-state index in [0.717, 1.165) is 47.9 Å². The number of esters is 2. The van der Waals surface area contributed by atoms with Crippen LogP contribution in [0.2, 0.25) is 0 Å². The highest BCUT2D eigenvalue weighted by molar-refractivity contribution is 6.06. The number of hydrogen-bond donors (Lipinski definition) is 3. The fraction of sp³-hybridized carbons (Fsp3) is 0.444. The summed E-state index contributed by atoms with van der Waals surface area (Å²) in [6, 6.07) is 18.5. The smallest absolute Gasteiger partial charge is 0.437 e. The third kappa shape index (κ3) is 15.8. The molecular formula is C45H56N4O11. The summed E-state index contributed by atoms with van der Waals surface area (Å²) in [7, 11) is 0. The molecule has 0 bridgehead atoms. The molecule has 0 radical (unpaired) electrons. The first-order valence-electron chi connectivity index (χ1n) is 20.0. The van der Waals surface area contributed by atoms with Gasteiger partial charge in [0.2, 0.25) is 11.9 Å². The molecule has 0 aliphatic heterocycles. The van der Waals surface area contributed by atoms with Crippen molar-refractivity contribution >= 4 is 47.6 Å². The average Bonchev–Trinajstić information content (AvgIpc) is 3.14. The Morgan fingerprint density at radius 2 is 1.53 bits per heavy atom. The maximum Gasteiger partial charge on any atom is 0.437 e. The van der Waals surface area contributed by atoms with Crippen LogP contribution in [0.5, 0.6) is 5.75 Å². The standard InChI is InChI=1S/C45H56N4O11/c1-8-9-23-57-39(53)24-29-13-15-30(16-14-29)27-49(28-38(51)52)37(50)26-33-12-10-11-32-25-35(21-22-36(32)33)58-40(54)31-17-19-34(20-18-31)46-41(47-42(55)59-44(2,3)4)48-43(56)60-45(5,6)7/h13-22,25,33H,8-12,23-24,26-28H2,1-7H3,(H,51,52)(H2,46,47,48,55,56). The van der Waals surface area contributed by atoms with Crippen molar-refractivity contribution in [1.82, 2.24) is 10.2 Å². The number of aliphatic imine (C=N–C) groups is 1. The Labute approximate surface area is 350 Å². The lowest BCUT2D eigenvalue weighted by Gasteiger charge is -2.28. The molecule has 0 fully saturated rings. The van der Waals surface area contributed by atoms with Gasteiger partial charge in [0.05, 0.1) is 18.6 Å². The van der Waals surface area contributed by atoms with Crippen molar-refractivity contribution in [1.29, 1.82) is 0 Å². The molecule has 0 saturated carbocycles. The molecule has 3 N–H and O–H groups in total. The second kappa shape index (κ2) is 21.1. The number of carboxylic acids is 1. The van der Waals surface area contributed by atoms with Crippen LogP contribution in [0.25, 0.3) is 0 Å². The first-order valence-corrected chi connectivity index (χ1v) is 20.0. The fourth-order valence-electron chi connectivity index (χ4n) is 6.29. The first-order chi connectivity index (χ1) is 28.3. The lowest BCUT2D eigenvalue weighted by molar-refractivity contribution is -0.145. The Bertz CT molecular complexity index is 2030. The topological polar surface area (TPSA) is 199 Å². The molecule has 15 heteroatoms. The van der Waals surface area contributed by atoms with Crippen LogP contribution < -0.4 is 15.4 Å². The second-order valence-electron chi connectivity index (χ2n) is 16.5. The third-order valence-corrected chi connectivity index (χ3v) is 8.97. The average molecular weight is 829 g/mol. The molecule has 3 aromatic carbocycles. The van der Waals surface area contributed by atoms with E-state index < -0.39 is 41.9 Å². The maximum absolute atomic E-state index is 13.6. The molecule has 0 spiro atoms. The molecule has 1 unspecified atom stereocenters. The van der Waals surface area contributed by atoms with E-state index >= 15 is 0 Å². The molecule has 3 aromatic rings. The van der Waals surface area contributed by atoms with Crippen molar-refractivity contribution in [2.75, 3.05) is 18.5 Å². The van der Waals surface area contributed by atoms with E-state index in [1.165, 1.54) is 17.0 Å². The normalized spacial score (nSPS) is 13.9. The zero-order valence-electron chi connectivity index (χ0n) is 35.4. The van der Waals surface area contributed by atoms with E-state index in [1.54, 1.807) is 90.1 Å². The highest BCUT2D eigenvalue weighted by atomic mass is 16.6. The number of rotatable bonds is 14. The first kappa shape index (κ1) is 46.4. The summed E-state index contributed by atoms with van der Waals surface area (Å²) in [5.41, 5.74) is 2.36. The number of nitrogens with zero attached hydrogens (tertiary/aromatic N) is 2. The Hall–Kier alpha value is -6.25. The summed E-state index contributed by atoms with van der Waals surface area (Å²) in [4.78, 5) is 80.8. The number of aliphatic carboxylic acids is 1. The SMILES string of the molecule is CCCCOC(=O)Cc1ccc(CN(CC(=O)O)C(=O)CC2CCCc3cc(OC(=O)c4ccc(N/C(=N/C(=O)OC(C)(C)C)NC(=O)OC(C)(C)C)cc4)ccc32)cc1. The van der Waals surface area contributed by atoms with Gasteiger partial charge in [0.25, 0.3) is 0 Å². The van der Waals surface area contributed by atoms with Gasteiger partial charge in [0.1, 0.15) is 23.5 Å². The lowest BCUT2D eigenvalue weighted by atomic mass is 9.80. The summed E-state index contributed by atoms with van der Waals surface area (Å²) in [6.07, 6.45) is 2.42. The number of alkyl carbamates (subject to hydrolysis) is 1. The van der Waals surface area contributed by atoms with Gasteiger partial charge >= 0.3 is 30.1 Å². The Morgan fingerprint density at radius 1 is 0.867 bits per heavy atom. The van der Waals surface area contributed by atoms with Gasteiger partial charge in [-0.3, -0.25) is 19.7 Å². The lowest BCUT2D eigenvalue weighted by Crippen LogP contribution is -2.40. The van der Waals surface area contributed by atoms with Crippen LogP contribution in [-0.4, -0.2) is 76.3 Å². The monoisotopic (exact) mass is 828 g/mol. The summed E-state index contributed by atoms with van der Waals surface area (Å²) in [6.45, 7) is 12.1. The van der Waals surface area contributed by atoms with Gasteiger partial charge in [0.15, 0.2) is 0 Å². The Balaban J connectivity index is 1.39. The molecule has 1 aliphatic rings. The number of aryl methyl sites for hydroxylation is 1. The number of carbonyl (C=O) groups excluding carboxylic acids is 5. The van der Waals surface area contributed by atoms with Gasteiger partial charge in [-0.2, -0.15) is 0 Å². The number of anilines is 1. The van der Waals surface area contributed by atoms with Crippen LogP contribution >= 0.6 is 0 Å².